The van der Waals surface area contributed by atoms with Gasteiger partial charge in [-0.1, -0.05) is 11.6 Å². The fourth-order valence-corrected chi connectivity index (χ4v) is 3.63. The van der Waals surface area contributed by atoms with Crippen molar-refractivity contribution in [2.24, 2.45) is 0 Å². The van der Waals surface area contributed by atoms with E-state index >= 15 is 0 Å². The molecule has 1 N–H and O–H groups in total. The van der Waals surface area contributed by atoms with Crippen LogP contribution in [-0.2, 0) is 9.59 Å². The summed E-state index contributed by atoms with van der Waals surface area (Å²) in [6.45, 7) is 0.0200. The van der Waals surface area contributed by atoms with E-state index in [9.17, 15) is 24.5 Å². The van der Waals surface area contributed by atoms with Gasteiger partial charge in [-0.2, -0.15) is 0 Å². The van der Waals surface area contributed by atoms with E-state index in [1.165, 1.54) is 18.2 Å². The maximum Gasteiger partial charge on any atom is 0.303 e. The first-order valence-corrected chi connectivity index (χ1v) is 9.47. The van der Waals surface area contributed by atoms with Gasteiger partial charge in [-0.15, -0.1) is 0 Å². The predicted octanol–water partition coefficient (Wildman–Crippen LogP) is 4.41. The summed E-state index contributed by atoms with van der Waals surface area (Å²) < 4.78 is 5.62. The summed E-state index contributed by atoms with van der Waals surface area (Å²) >= 11 is 6.54. The third-order valence-electron chi connectivity index (χ3n) is 3.97. The number of carboxylic acids is 1. The van der Waals surface area contributed by atoms with Crippen molar-refractivity contribution in [3.63, 3.8) is 0 Å². The standard InChI is InChI=1S/C18H13ClN2O7S/c19-12-5-3-10(8-13(12)21(26)27)14-6-4-11(28-14)9-15-17(24)20(18(25)29-15)7-1-2-16(22)23/h3-6,8-9H,1-2,7H2,(H,22,23). The lowest BCUT2D eigenvalue weighted by molar-refractivity contribution is -0.384. The summed E-state index contributed by atoms with van der Waals surface area (Å²) in [5.74, 6) is -0.908. The first-order chi connectivity index (χ1) is 13.8. The molecule has 0 aliphatic carbocycles. The van der Waals surface area contributed by atoms with E-state index in [2.05, 4.69) is 0 Å². The molecule has 0 spiro atoms. The second-order valence-electron chi connectivity index (χ2n) is 5.96. The molecule has 0 atom stereocenters. The minimum absolute atomic E-state index is 0.00195. The second kappa shape index (κ2) is 8.50. The van der Waals surface area contributed by atoms with E-state index in [1.54, 1.807) is 18.2 Å². The lowest BCUT2D eigenvalue weighted by Gasteiger charge is -2.10. The van der Waals surface area contributed by atoms with Gasteiger partial charge >= 0.3 is 5.97 Å². The number of nitro groups is 1. The van der Waals surface area contributed by atoms with Crippen LogP contribution in [0.2, 0.25) is 5.02 Å². The van der Waals surface area contributed by atoms with Gasteiger partial charge in [-0.05, 0) is 42.4 Å². The largest absolute Gasteiger partial charge is 0.481 e. The van der Waals surface area contributed by atoms with Crippen molar-refractivity contribution in [2.45, 2.75) is 12.8 Å². The molecule has 1 aliphatic heterocycles. The van der Waals surface area contributed by atoms with Crippen LogP contribution in [0.25, 0.3) is 17.4 Å². The topological polar surface area (TPSA) is 131 Å². The summed E-state index contributed by atoms with van der Waals surface area (Å²) in [7, 11) is 0. The molecule has 1 aromatic carbocycles. The molecule has 1 aliphatic rings. The number of furan rings is 1. The Hall–Kier alpha value is -3.11. The molecule has 11 heteroatoms. The quantitative estimate of drug-likeness (QED) is 0.383. The van der Waals surface area contributed by atoms with Crippen LogP contribution in [-0.4, -0.2) is 38.6 Å². The molecule has 9 nitrogen and oxygen atoms in total. The smallest absolute Gasteiger partial charge is 0.303 e. The number of benzene rings is 1. The molecule has 150 valence electrons. The fraction of sp³-hybridized carbons (Fsp3) is 0.167. The maximum atomic E-state index is 12.4. The Morgan fingerprint density at radius 2 is 2.07 bits per heavy atom. The predicted molar refractivity (Wildman–Crippen MR) is 105 cm³/mol. The number of carboxylic acid groups (broad SMARTS) is 1. The molecular weight excluding hydrogens is 424 g/mol. The van der Waals surface area contributed by atoms with E-state index in [0.717, 1.165) is 16.7 Å². The SMILES string of the molecule is O=C(O)CCCN1C(=O)SC(=Cc2ccc(-c3ccc(Cl)c([N+](=O)[O-])c3)o2)C1=O. The van der Waals surface area contributed by atoms with Gasteiger partial charge in [0, 0.05) is 30.7 Å². The molecule has 1 fully saturated rings. The average Bonchev–Trinajstić information content (AvgIpc) is 3.22. The summed E-state index contributed by atoms with van der Waals surface area (Å²) in [4.78, 5) is 46.5. The van der Waals surface area contributed by atoms with Crippen molar-refractivity contribution in [1.29, 1.82) is 0 Å². The Balaban J connectivity index is 1.77. The molecule has 2 heterocycles. The maximum absolute atomic E-state index is 12.4. The van der Waals surface area contributed by atoms with Crippen molar-refractivity contribution >= 4 is 52.2 Å². The van der Waals surface area contributed by atoms with Gasteiger partial charge in [0.15, 0.2) is 0 Å². The highest BCUT2D eigenvalue weighted by Gasteiger charge is 2.34. The Kier molecular flexibility index (Phi) is 6.04. The van der Waals surface area contributed by atoms with E-state index in [4.69, 9.17) is 21.1 Å². The highest BCUT2D eigenvalue weighted by atomic mass is 35.5. The average molecular weight is 437 g/mol. The van der Waals surface area contributed by atoms with Crippen LogP contribution in [0.5, 0.6) is 0 Å². The normalized spacial score (nSPS) is 15.3. The minimum Gasteiger partial charge on any atom is -0.481 e. The molecule has 3 rings (SSSR count). The van der Waals surface area contributed by atoms with Crippen molar-refractivity contribution < 1.29 is 28.8 Å². The number of thioether (sulfide) groups is 1. The van der Waals surface area contributed by atoms with Crippen molar-refractivity contribution in [3.8, 4) is 11.3 Å². The number of hydrogen-bond donors (Lipinski definition) is 1. The van der Waals surface area contributed by atoms with Gasteiger partial charge in [0.05, 0.1) is 9.83 Å². The van der Waals surface area contributed by atoms with Crippen LogP contribution in [0.15, 0.2) is 39.7 Å². The van der Waals surface area contributed by atoms with Gasteiger partial charge < -0.3 is 9.52 Å². The van der Waals surface area contributed by atoms with Crippen LogP contribution in [0.4, 0.5) is 10.5 Å². The summed E-state index contributed by atoms with van der Waals surface area (Å²) in [6.07, 6.45) is 1.42. The number of aliphatic carboxylic acids is 1. The lowest BCUT2D eigenvalue weighted by Crippen LogP contribution is -2.29. The number of nitrogens with zero attached hydrogens (tertiary/aromatic N) is 2. The van der Waals surface area contributed by atoms with Gasteiger partial charge in [0.25, 0.3) is 16.8 Å². The van der Waals surface area contributed by atoms with E-state index in [-0.39, 0.29) is 40.8 Å². The molecule has 29 heavy (non-hydrogen) atoms. The van der Waals surface area contributed by atoms with Crippen LogP contribution in [0.3, 0.4) is 0 Å². The number of carbonyl (C=O) groups is 3. The van der Waals surface area contributed by atoms with E-state index < -0.39 is 22.0 Å². The molecule has 2 amide bonds. The number of hydrogen-bond acceptors (Lipinski definition) is 7. The molecule has 0 radical (unpaired) electrons. The van der Waals surface area contributed by atoms with E-state index in [1.807, 2.05) is 0 Å². The van der Waals surface area contributed by atoms with Gasteiger partial charge in [-0.25, -0.2) is 0 Å². The molecule has 2 aromatic rings. The third kappa shape index (κ3) is 4.66. The number of nitro benzene ring substituents is 1. The Morgan fingerprint density at radius 3 is 2.76 bits per heavy atom. The second-order valence-corrected chi connectivity index (χ2v) is 7.36. The van der Waals surface area contributed by atoms with Crippen LogP contribution < -0.4 is 0 Å². The molecule has 1 saturated heterocycles. The number of carbonyl (C=O) groups excluding carboxylic acids is 2. The first-order valence-electron chi connectivity index (χ1n) is 8.27. The monoisotopic (exact) mass is 436 g/mol. The zero-order chi connectivity index (χ0) is 21.1. The Bertz CT molecular complexity index is 1050. The third-order valence-corrected chi connectivity index (χ3v) is 5.20. The Labute approximate surface area is 173 Å². The molecular formula is C18H13ClN2O7S. The summed E-state index contributed by atoms with van der Waals surface area (Å²) in [5.41, 5.74) is 0.173. The highest BCUT2D eigenvalue weighted by Crippen LogP contribution is 2.35. The number of amides is 2. The van der Waals surface area contributed by atoms with Crippen LogP contribution in [0.1, 0.15) is 18.6 Å². The molecule has 0 bridgehead atoms. The Morgan fingerprint density at radius 1 is 1.31 bits per heavy atom. The van der Waals surface area contributed by atoms with E-state index in [0.29, 0.717) is 11.3 Å². The number of rotatable bonds is 7. The number of imide groups is 1. The summed E-state index contributed by atoms with van der Waals surface area (Å²) in [6, 6.07) is 7.37. The van der Waals surface area contributed by atoms with Crippen molar-refractivity contribution in [2.75, 3.05) is 6.54 Å². The summed E-state index contributed by atoms with van der Waals surface area (Å²) in [5, 5.41) is 19.2. The molecule has 1 aromatic heterocycles. The minimum atomic E-state index is -1.00. The lowest BCUT2D eigenvalue weighted by atomic mass is 10.1. The van der Waals surface area contributed by atoms with Crippen molar-refractivity contribution in [1.82, 2.24) is 4.90 Å². The molecule has 0 saturated carbocycles. The van der Waals surface area contributed by atoms with Crippen LogP contribution >= 0.6 is 23.4 Å². The van der Waals surface area contributed by atoms with Gasteiger partial charge in [-0.3, -0.25) is 29.4 Å². The zero-order valence-electron chi connectivity index (χ0n) is 14.7. The van der Waals surface area contributed by atoms with Crippen LogP contribution in [0, 0.1) is 10.1 Å². The highest BCUT2D eigenvalue weighted by molar-refractivity contribution is 8.18. The van der Waals surface area contributed by atoms with Crippen molar-refractivity contribution in [3.05, 3.63) is 56.1 Å². The molecule has 0 unspecified atom stereocenters. The van der Waals surface area contributed by atoms with Gasteiger partial charge in [0.2, 0.25) is 0 Å². The van der Waals surface area contributed by atoms with Gasteiger partial charge in [0.1, 0.15) is 16.5 Å². The zero-order valence-corrected chi connectivity index (χ0v) is 16.2. The number of halogens is 1. The fourth-order valence-electron chi connectivity index (χ4n) is 2.60. The first kappa shape index (κ1) is 20.6.